The highest BCUT2D eigenvalue weighted by Gasteiger charge is 2.58. The number of carbonyl (C=O) groups is 1. The van der Waals surface area contributed by atoms with E-state index in [-0.39, 0.29) is 24.4 Å². The van der Waals surface area contributed by atoms with Gasteiger partial charge in [-0.25, -0.2) is 0 Å². The van der Waals surface area contributed by atoms with Crippen molar-refractivity contribution in [2.24, 2.45) is 11.3 Å². The zero-order valence-corrected chi connectivity index (χ0v) is 15.7. The molecule has 24 heavy (non-hydrogen) atoms. The van der Waals surface area contributed by atoms with Crippen molar-refractivity contribution >= 4 is 18.3 Å². The van der Waals surface area contributed by atoms with E-state index in [1.54, 1.807) is 7.11 Å². The van der Waals surface area contributed by atoms with Crippen LogP contribution >= 0.6 is 12.4 Å². The molecule has 1 aromatic rings. The Kier molecular flexibility index (Phi) is 6.16. The van der Waals surface area contributed by atoms with Crippen molar-refractivity contribution < 1.29 is 9.53 Å². The van der Waals surface area contributed by atoms with E-state index >= 15 is 0 Å². The maximum atomic E-state index is 13.1. The summed E-state index contributed by atoms with van der Waals surface area (Å²) in [6.07, 6.45) is 3.37. The number of nitrogens with zero attached hydrogens (tertiary/aromatic N) is 1. The molecule has 134 valence electrons. The van der Waals surface area contributed by atoms with Crippen LogP contribution < -0.4 is 10.1 Å². The molecule has 1 N–H and O–H groups in total. The van der Waals surface area contributed by atoms with E-state index in [1.165, 1.54) is 0 Å². The summed E-state index contributed by atoms with van der Waals surface area (Å²) < 4.78 is 5.32. The molecular weight excluding hydrogens is 324 g/mol. The van der Waals surface area contributed by atoms with E-state index < -0.39 is 0 Å². The van der Waals surface area contributed by atoms with Crippen molar-refractivity contribution in [3.8, 4) is 5.75 Å². The number of benzene rings is 1. The molecule has 4 nitrogen and oxygen atoms in total. The zero-order valence-electron chi connectivity index (χ0n) is 14.9. The molecule has 0 bridgehead atoms. The van der Waals surface area contributed by atoms with Gasteiger partial charge in [0.15, 0.2) is 0 Å². The molecule has 1 amide bonds. The highest BCUT2D eigenvalue weighted by Crippen LogP contribution is 2.59. The van der Waals surface area contributed by atoms with Crippen LogP contribution in [0.5, 0.6) is 5.75 Å². The average Bonchev–Trinajstić information content (AvgIpc) is 3.29. The summed E-state index contributed by atoms with van der Waals surface area (Å²) in [7, 11) is 1.68. The molecule has 1 aromatic carbocycles. The Morgan fingerprint density at radius 2 is 2.12 bits per heavy atom. The molecule has 1 aliphatic carbocycles. The Morgan fingerprint density at radius 1 is 1.42 bits per heavy atom. The standard InChI is InChI=1S/C19H28N2O2.ClH/c1-4-21(14(2)15-6-5-7-16(12-15)23-3)18(22)17-13-19(17)8-10-20-11-9-19;/h5-7,12,14,17,20H,4,8-11,13H2,1-3H3;1H. The van der Waals surface area contributed by atoms with Crippen LogP contribution in [0.25, 0.3) is 0 Å². The Labute approximate surface area is 151 Å². The van der Waals surface area contributed by atoms with Gasteiger partial charge in [0.05, 0.1) is 13.2 Å². The minimum atomic E-state index is 0. The van der Waals surface area contributed by atoms with Gasteiger partial charge in [-0.05, 0) is 69.3 Å². The minimum Gasteiger partial charge on any atom is -0.497 e. The summed E-state index contributed by atoms with van der Waals surface area (Å²) in [5, 5.41) is 3.41. The molecule has 2 atom stereocenters. The van der Waals surface area contributed by atoms with E-state index in [0.717, 1.165) is 50.2 Å². The number of piperidine rings is 1. The topological polar surface area (TPSA) is 41.6 Å². The lowest BCUT2D eigenvalue weighted by atomic mass is 9.91. The quantitative estimate of drug-likeness (QED) is 0.882. The van der Waals surface area contributed by atoms with Crippen molar-refractivity contribution in [2.45, 2.75) is 39.2 Å². The van der Waals surface area contributed by atoms with Crippen LogP contribution in [0.4, 0.5) is 0 Å². The molecule has 1 heterocycles. The number of hydrogen-bond acceptors (Lipinski definition) is 3. The van der Waals surface area contributed by atoms with Gasteiger partial charge >= 0.3 is 0 Å². The fourth-order valence-corrected chi connectivity index (χ4v) is 4.08. The summed E-state index contributed by atoms with van der Waals surface area (Å²) in [5.74, 6) is 1.42. The van der Waals surface area contributed by atoms with Gasteiger partial charge in [0, 0.05) is 12.5 Å². The third-order valence-corrected chi connectivity index (χ3v) is 5.75. The first-order valence-electron chi connectivity index (χ1n) is 8.76. The lowest BCUT2D eigenvalue weighted by Gasteiger charge is -2.31. The summed E-state index contributed by atoms with van der Waals surface area (Å²) in [6.45, 7) is 7.06. The fraction of sp³-hybridized carbons (Fsp3) is 0.632. The van der Waals surface area contributed by atoms with E-state index in [9.17, 15) is 4.79 Å². The van der Waals surface area contributed by atoms with Crippen molar-refractivity contribution in [1.29, 1.82) is 0 Å². The van der Waals surface area contributed by atoms with Crippen LogP contribution in [-0.2, 0) is 4.79 Å². The third-order valence-electron chi connectivity index (χ3n) is 5.75. The average molecular weight is 353 g/mol. The van der Waals surface area contributed by atoms with Crippen LogP contribution in [0.1, 0.15) is 44.7 Å². The number of halogens is 1. The third kappa shape index (κ3) is 3.55. The Balaban J connectivity index is 0.00000208. The number of nitrogens with one attached hydrogen (secondary N) is 1. The number of carbonyl (C=O) groups excluding carboxylic acids is 1. The van der Waals surface area contributed by atoms with Gasteiger partial charge in [-0.3, -0.25) is 4.79 Å². The van der Waals surface area contributed by atoms with Crippen LogP contribution in [0.15, 0.2) is 24.3 Å². The summed E-state index contributed by atoms with van der Waals surface area (Å²) in [5.41, 5.74) is 1.43. The van der Waals surface area contributed by atoms with Gasteiger partial charge in [0.25, 0.3) is 0 Å². The monoisotopic (exact) mass is 352 g/mol. The molecule has 5 heteroatoms. The van der Waals surface area contributed by atoms with E-state index in [0.29, 0.717) is 11.3 Å². The van der Waals surface area contributed by atoms with E-state index in [1.807, 2.05) is 23.1 Å². The predicted octanol–water partition coefficient (Wildman–Crippen LogP) is 3.42. The molecule has 2 fully saturated rings. The summed E-state index contributed by atoms with van der Waals surface area (Å²) in [4.78, 5) is 15.1. The van der Waals surface area contributed by atoms with Crippen molar-refractivity contribution in [2.75, 3.05) is 26.7 Å². The van der Waals surface area contributed by atoms with Gasteiger partial charge in [0.2, 0.25) is 5.91 Å². The maximum Gasteiger partial charge on any atom is 0.226 e. The van der Waals surface area contributed by atoms with Gasteiger partial charge in [-0.2, -0.15) is 0 Å². The number of rotatable bonds is 5. The molecule has 1 aliphatic heterocycles. The molecule has 0 radical (unpaired) electrons. The molecule has 2 unspecified atom stereocenters. The molecular formula is C19H29ClN2O2. The number of ether oxygens (including phenoxy) is 1. The van der Waals surface area contributed by atoms with Crippen LogP contribution in [0.3, 0.4) is 0 Å². The first-order chi connectivity index (χ1) is 11.1. The van der Waals surface area contributed by atoms with Crippen LogP contribution in [-0.4, -0.2) is 37.6 Å². The Morgan fingerprint density at radius 3 is 2.75 bits per heavy atom. The lowest BCUT2D eigenvalue weighted by Crippen LogP contribution is -2.38. The summed E-state index contributed by atoms with van der Waals surface area (Å²) >= 11 is 0. The molecule has 1 spiro atoms. The molecule has 1 saturated heterocycles. The van der Waals surface area contributed by atoms with Crippen LogP contribution in [0.2, 0.25) is 0 Å². The normalized spacial score (nSPS) is 22.4. The highest BCUT2D eigenvalue weighted by atomic mass is 35.5. The van der Waals surface area contributed by atoms with Crippen molar-refractivity contribution in [3.63, 3.8) is 0 Å². The first-order valence-corrected chi connectivity index (χ1v) is 8.76. The van der Waals surface area contributed by atoms with Crippen molar-refractivity contribution in [3.05, 3.63) is 29.8 Å². The second-order valence-corrected chi connectivity index (χ2v) is 6.95. The number of hydrogen-bond donors (Lipinski definition) is 1. The van der Waals surface area contributed by atoms with Gasteiger partial charge in [-0.15, -0.1) is 12.4 Å². The highest BCUT2D eigenvalue weighted by molar-refractivity contribution is 5.85. The van der Waals surface area contributed by atoms with Crippen LogP contribution in [0, 0.1) is 11.3 Å². The minimum absolute atomic E-state index is 0. The zero-order chi connectivity index (χ0) is 16.4. The molecule has 2 aliphatic rings. The first kappa shape index (κ1) is 19.1. The maximum absolute atomic E-state index is 13.1. The Bertz CT molecular complexity index is 572. The second kappa shape index (κ2) is 7.75. The number of amides is 1. The van der Waals surface area contributed by atoms with E-state index in [2.05, 4.69) is 25.2 Å². The van der Waals surface area contributed by atoms with Gasteiger partial charge in [-0.1, -0.05) is 12.1 Å². The largest absolute Gasteiger partial charge is 0.497 e. The number of methoxy groups -OCH3 is 1. The second-order valence-electron chi connectivity index (χ2n) is 6.95. The Hall–Kier alpha value is -1.26. The van der Waals surface area contributed by atoms with Gasteiger partial charge < -0.3 is 15.0 Å². The molecule has 0 aromatic heterocycles. The molecule has 3 rings (SSSR count). The smallest absolute Gasteiger partial charge is 0.226 e. The van der Waals surface area contributed by atoms with Gasteiger partial charge in [0.1, 0.15) is 5.75 Å². The predicted molar refractivity (Wildman–Crippen MR) is 98.7 cm³/mol. The molecule has 1 saturated carbocycles. The van der Waals surface area contributed by atoms with E-state index in [4.69, 9.17) is 4.74 Å². The summed E-state index contributed by atoms with van der Waals surface area (Å²) in [6, 6.07) is 8.14. The SMILES string of the molecule is CCN(C(=O)C1CC12CCNCC2)C(C)c1cccc(OC)c1.Cl. The fourth-order valence-electron chi connectivity index (χ4n) is 4.08. The lowest BCUT2D eigenvalue weighted by molar-refractivity contribution is -0.135. The van der Waals surface area contributed by atoms with Crippen molar-refractivity contribution in [1.82, 2.24) is 10.2 Å².